The maximum atomic E-state index is 12.6. The van der Waals surface area contributed by atoms with Crippen LogP contribution in [0.15, 0.2) is 0 Å². The summed E-state index contributed by atoms with van der Waals surface area (Å²) in [7, 11) is 0. The average Bonchev–Trinajstić information content (AvgIpc) is 3.81. The van der Waals surface area contributed by atoms with Crippen LogP contribution in [0.3, 0.4) is 0 Å². The Bertz CT molecular complexity index is 1480. The SMILES string of the molecule is CC(=O)NC1C(OCCCNC(=O)CCCCCNC(=O)CCCC[C@@H]2SC[C@@H]3NC(=O)N[C@@H]32)OC(CO)C(OC2OC(CO)C(O)C(O)C2O)C1OC1OC(C)C(O)C(O)C1O. The molecule has 24 heteroatoms. The standard InChI is InChI=1S/C39H67N5O18S/c1-18-28(50)30(52)32(54)37(58-18)62-35-27(42-19(2)47)36(60-22(16-46)34(35)61-38-33(55)31(53)29(51)21(15-45)59-38)57-14-8-13-41-24(48)10-4-3-7-12-40-25(49)11-6-5-9-23-26-20(17-63-23)43-39(56)44-26/h18,20-23,26-38,45-46,50-55H,3-17H2,1-2H3,(H,40,49)(H,41,48)(H,42,47)(H2,43,44,56)/t18?,20-,21?,22?,23-,26-,27?,28?,29?,30?,31?,32?,33?,34?,35?,36?,37?,38?/m0/s1. The molecule has 0 aromatic carbocycles. The van der Waals surface area contributed by atoms with E-state index in [-0.39, 0.29) is 55.9 Å². The van der Waals surface area contributed by atoms with E-state index in [0.717, 1.165) is 37.9 Å². The van der Waals surface area contributed by atoms with Crippen LogP contribution in [-0.4, -0.2) is 213 Å². The molecule has 18 atom stereocenters. The Balaban J connectivity index is 1.06. The average molecular weight is 926 g/mol. The van der Waals surface area contributed by atoms with Crippen LogP contribution in [0.5, 0.6) is 0 Å². The number of fused-ring (bicyclic) bond motifs is 1. The maximum absolute atomic E-state index is 12.6. The van der Waals surface area contributed by atoms with Gasteiger partial charge in [0.2, 0.25) is 17.7 Å². The molecule has 5 fully saturated rings. The van der Waals surface area contributed by atoms with E-state index in [0.29, 0.717) is 24.6 Å². The molecule has 15 unspecified atom stereocenters. The molecule has 0 saturated carbocycles. The summed E-state index contributed by atoms with van der Waals surface area (Å²) in [5.74, 6) is 0.113. The summed E-state index contributed by atoms with van der Waals surface area (Å²) in [5, 5.41) is 97.9. The Kier molecular flexibility index (Phi) is 20.3. The van der Waals surface area contributed by atoms with E-state index in [4.69, 9.17) is 28.4 Å². The van der Waals surface area contributed by atoms with Crippen LogP contribution >= 0.6 is 11.8 Å². The second kappa shape index (κ2) is 24.8. The van der Waals surface area contributed by atoms with Gasteiger partial charge >= 0.3 is 6.03 Å². The van der Waals surface area contributed by atoms with Crippen molar-refractivity contribution in [3.8, 4) is 0 Å². The molecule has 0 radical (unpaired) electrons. The molecule has 5 amide bonds. The highest BCUT2D eigenvalue weighted by Gasteiger charge is 2.55. The summed E-state index contributed by atoms with van der Waals surface area (Å²) in [4.78, 5) is 48.9. The van der Waals surface area contributed by atoms with Gasteiger partial charge in [-0.3, -0.25) is 14.4 Å². The number of hydrogen-bond donors (Lipinski definition) is 13. The predicted molar refractivity (Wildman–Crippen MR) is 218 cm³/mol. The molecule has 0 aromatic heterocycles. The zero-order valence-corrected chi connectivity index (χ0v) is 36.4. The van der Waals surface area contributed by atoms with Gasteiger partial charge in [0.1, 0.15) is 67.1 Å². The second-order valence-corrected chi connectivity index (χ2v) is 17.9. The van der Waals surface area contributed by atoms with E-state index < -0.39 is 111 Å². The van der Waals surface area contributed by atoms with Crippen molar-refractivity contribution in [2.24, 2.45) is 0 Å². The summed E-state index contributed by atoms with van der Waals surface area (Å²) in [5.41, 5.74) is 0. The molecule has 0 aliphatic carbocycles. The van der Waals surface area contributed by atoms with Gasteiger partial charge in [0.25, 0.3) is 0 Å². The molecule has 13 N–H and O–H groups in total. The number of nitrogens with one attached hydrogen (secondary N) is 5. The zero-order chi connectivity index (χ0) is 45.8. The number of carbonyl (C=O) groups excluding carboxylic acids is 4. The van der Waals surface area contributed by atoms with E-state index in [1.165, 1.54) is 13.8 Å². The van der Waals surface area contributed by atoms with Crippen LogP contribution in [0.25, 0.3) is 0 Å². The minimum Gasteiger partial charge on any atom is -0.394 e. The second-order valence-electron chi connectivity index (χ2n) is 16.6. The Morgan fingerprint density at radius 3 is 1.98 bits per heavy atom. The highest BCUT2D eigenvalue weighted by Crippen LogP contribution is 2.35. The van der Waals surface area contributed by atoms with Crippen LogP contribution in [0.4, 0.5) is 4.79 Å². The van der Waals surface area contributed by atoms with E-state index in [9.17, 15) is 60.0 Å². The van der Waals surface area contributed by atoms with Crippen LogP contribution in [-0.2, 0) is 42.8 Å². The topological polar surface area (TPSA) is 346 Å². The number of unbranched alkanes of at least 4 members (excludes halogenated alkanes) is 3. The molecule has 5 aliphatic rings. The molecule has 362 valence electrons. The van der Waals surface area contributed by atoms with Crippen molar-refractivity contribution >= 4 is 35.5 Å². The van der Waals surface area contributed by atoms with E-state index >= 15 is 0 Å². The molecule has 0 aromatic rings. The van der Waals surface area contributed by atoms with Crippen LogP contribution in [0.1, 0.15) is 71.6 Å². The Hall–Kier alpha value is -2.53. The van der Waals surface area contributed by atoms with Gasteiger partial charge in [-0.15, -0.1) is 0 Å². The van der Waals surface area contributed by atoms with Gasteiger partial charge in [-0.25, -0.2) is 4.79 Å². The molecule has 5 rings (SSSR count). The van der Waals surface area contributed by atoms with Crippen LogP contribution < -0.4 is 26.6 Å². The lowest BCUT2D eigenvalue weighted by Gasteiger charge is -2.50. The van der Waals surface area contributed by atoms with Gasteiger partial charge < -0.3 is 95.9 Å². The number of amides is 5. The van der Waals surface area contributed by atoms with Crippen LogP contribution in [0.2, 0.25) is 0 Å². The lowest BCUT2D eigenvalue weighted by molar-refractivity contribution is -0.373. The molecular weight excluding hydrogens is 859 g/mol. The number of rotatable bonds is 23. The number of carbonyl (C=O) groups is 4. The van der Waals surface area contributed by atoms with Crippen molar-refractivity contribution in [2.45, 2.75) is 181 Å². The lowest BCUT2D eigenvalue weighted by atomic mass is 9.94. The van der Waals surface area contributed by atoms with Crippen molar-refractivity contribution in [1.29, 1.82) is 0 Å². The fourth-order valence-electron chi connectivity index (χ4n) is 8.29. The lowest BCUT2D eigenvalue weighted by Crippen LogP contribution is -2.69. The number of urea groups is 1. The summed E-state index contributed by atoms with van der Waals surface area (Å²) < 4.78 is 35.3. The van der Waals surface area contributed by atoms with Gasteiger partial charge in [-0.1, -0.05) is 12.8 Å². The number of ether oxygens (including phenoxy) is 6. The number of aliphatic hydroxyl groups is 8. The van der Waals surface area contributed by atoms with Crippen molar-refractivity contribution in [3.05, 3.63) is 0 Å². The van der Waals surface area contributed by atoms with Crippen molar-refractivity contribution < 1.29 is 88.5 Å². The van der Waals surface area contributed by atoms with E-state index in [1.807, 2.05) is 11.8 Å². The highest BCUT2D eigenvalue weighted by molar-refractivity contribution is 8.00. The molecule has 0 spiro atoms. The monoisotopic (exact) mass is 925 g/mol. The Morgan fingerprint density at radius 1 is 0.714 bits per heavy atom. The first-order valence-corrected chi connectivity index (χ1v) is 22.9. The third kappa shape index (κ3) is 14.0. The van der Waals surface area contributed by atoms with Gasteiger partial charge in [0, 0.05) is 43.9 Å². The Labute approximate surface area is 369 Å². The van der Waals surface area contributed by atoms with Crippen molar-refractivity contribution in [2.75, 3.05) is 38.7 Å². The fourth-order valence-corrected chi connectivity index (χ4v) is 9.83. The normalized spacial score (nSPS) is 38.9. The molecule has 63 heavy (non-hydrogen) atoms. The van der Waals surface area contributed by atoms with Gasteiger partial charge in [-0.05, 0) is 39.0 Å². The fraction of sp³-hybridized carbons (Fsp3) is 0.897. The van der Waals surface area contributed by atoms with Gasteiger partial charge in [0.15, 0.2) is 18.9 Å². The van der Waals surface area contributed by atoms with Crippen LogP contribution in [0, 0.1) is 0 Å². The quantitative estimate of drug-likeness (QED) is 0.0339. The summed E-state index contributed by atoms with van der Waals surface area (Å²) in [6.45, 7) is 1.76. The third-order valence-corrected chi connectivity index (χ3v) is 13.4. The minimum atomic E-state index is -1.88. The van der Waals surface area contributed by atoms with E-state index in [2.05, 4.69) is 26.6 Å². The molecule has 23 nitrogen and oxygen atoms in total. The summed E-state index contributed by atoms with van der Waals surface area (Å²) in [6, 6.07) is -1.06. The molecule has 0 bridgehead atoms. The summed E-state index contributed by atoms with van der Waals surface area (Å²) >= 11 is 1.86. The molecule has 5 saturated heterocycles. The summed E-state index contributed by atoms with van der Waals surface area (Å²) in [6.07, 6.45) is -16.3. The third-order valence-electron chi connectivity index (χ3n) is 11.8. The van der Waals surface area contributed by atoms with Crippen molar-refractivity contribution in [1.82, 2.24) is 26.6 Å². The molecule has 5 heterocycles. The number of thioether (sulfide) groups is 1. The molecular formula is C39H67N5O18S. The van der Waals surface area contributed by atoms with Gasteiger partial charge in [0.05, 0.1) is 38.0 Å². The number of aliphatic hydroxyl groups excluding tert-OH is 8. The predicted octanol–water partition coefficient (Wildman–Crippen LogP) is -4.47. The smallest absolute Gasteiger partial charge is 0.315 e. The first-order chi connectivity index (χ1) is 30.1. The molecule has 5 aliphatic heterocycles. The zero-order valence-electron chi connectivity index (χ0n) is 35.6. The van der Waals surface area contributed by atoms with E-state index in [1.54, 1.807) is 0 Å². The number of hydrogen-bond acceptors (Lipinski definition) is 19. The van der Waals surface area contributed by atoms with Gasteiger partial charge in [-0.2, -0.15) is 11.8 Å². The first kappa shape index (κ1) is 51.5. The highest BCUT2D eigenvalue weighted by atomic mass is 32.2. The van der Waals surface area contributed by atoms with Crippen molar-refractivity contribution in [3.63, 3.8) is 0 Å². The Morgan fingerprint density at radius 2 is 1.32 bits per heavy atom. The minimum absolute atomic E-state index is 0.00632. The maximum Gasteiger partial charge on any atom is 0.315 e. The largest absolute Gasteiger partial charge is 0.394 e. The first-order valence-electron chi connectivity index (χ1n) is 21.8.